The standard InChI is InChI=1S/C12H14N2O/c15-11-1-2-12-9(8-11)7-10-3-4-13-5-6-14(10)12/h1-2,7-8,13,15H,3-6H2. The van der Waals surface area contributed by atoms with E-state index >= 15 is 0 Å². The normalized spacial score (nSPS) is 16.3. The van der Waals surface area contributed by atoms with Crippen LogP contribution in [0.5, 0.6) is 5.75 Å². The molecule has 3 nitrogen and oxygen atoms in total. The predicted molar refractivity (Wildman–Crippen MR) is 60.2 cm³/mol. The third-order valence-corrected chi connectivity index (χ3v) is 3.04. The highest BCUT2D eigenvalue weighted by Gasteiger charge is 2.11. The molecule has 2 N–H and O–H groups in total. The van der Waals surface area contributed by atoms with Crippen LogP contribution in [-0.2, 0) is 13.0 Å². The summed E-state index contributed by atoms with van der Waals surface area (Å²) in [5.41, 5.74) is 2.59. The largest absolute Gasteiger partial charge is 0.508 e. The minimum Gasteiger partial charge on any atom is -0.508 e. The molecule has 0 bridgehead atoms. The van der Waals surface area contributed by atoms with Gasteiger partial charge in [0.1, 0.15) is 5.75 Å². The van der Waals surface area contributed by atoms with Crippen molar-refractivity contribution in [3.05, 3.63) is 30.0 Å². The molecule has 1 aromatic carbocycles. The van der Waals surface area contributed by atoms with Gasteiger partial charge in [-0.15, -0.1) is 0 Å². The van der Waals surface area contributed by atoms with Gasteiger partial charge in [-0.05, 0) is 24.3 Å². The van der Waals surface area contributed by atoms with Crippen LogP contribution in [0.4, 0.5) is 0 Å². The second-order valence-corrected chi connectivity index (χ2v) is 4.03. The number of phenolic OH excluding ortho intramolecular Hbond substituents is 1. The van der Waals surface area contributed by atoms with E-state index < -0.39 is 0 Å². The Morgan fingerprint density at radius 1 is 1.20 bits per heavy atom. The molecule has 0 amide bonds. The zero-order valence-corrected chi connectivity index (χ0v) is 8.53. The van der Waals surface area contributed by atoms with Crippen LogP contribution in [-0.4, -0.2) is 22.8 Å². The van der Waals surface area contributed by atoms with Crippen molar-refractivity contribution >= 4 is 10.9 Å². The van der Waals surface area contributed by atoms with Crippen molar-refractivity contribution in [1.29, 1.82) is 0 Å². The number of hydrogen-bond acceptors (Lipinski definition) is 2. The van der Waals surface area contributed by atoms with Crippen molar-refractivity contribution in [3.63, 3.8) is 0 Å². The van der Waals surface area contributed by atoms with E-state index in [1.165, 1.54) is 11.2 Å². The third-order valence-electron chi connectivity index (χ3n) is 3.04. The van der Waals surface area contributed by atoms with Gasteiger partial charge < -0.3 is 15.0 Å². The molecule has 0 saturated heterocycles. The van der Waals surface area contributed by atoms with Crippen LogP contribution in [0.2, 0.25) is 0 Å². The van der Waals surface area contributed by atoms with Crippen LogP contribution in [0.25, 0.3) is 10.9 Å². The van der Waals surface area contributed by atoms with Crippen LogP contribution < -0.4 is 5.32 Å². The van der Waals surface area contributed by atoms with Gasteiger partial charge >= 0.3 is 0 Å². The zero-order valence-electron chi connectivity index (χ0n) is 8.53. The number of rotatable bonds is 0. The summed E-state index contributed by atoms with van der Waals surface area (Å²) in [6.07, 6.45) is 1.06. The first-order valence-corrected chi connectivity index (χ1v) is 5.36. The highest BCUT2D eigenvalue weighted by atomic mass is 16.3. The number of hydrogen-bond donors (Lipinski definition) is 2. The molecular formula is C12H14N2O. The molecule has 3 rings (SSSR count). The van der Waals surface area contributed by atoms with Gasteiger partial charge in [0.2, 0.25) is 0 Å². The molecule has 0 atom stereocenters. The van der Waals surface area contributed by atoms with Crippen molar-refractivity contribution in [3.8, 4) is 5.75 Å². The molecule has 1 aromatic heterocycles. The Balaban J connectivity index is 2.23. The SMILES string of the molecule is Oc1ccc2c(c1)cc1n2CCNCC1. The molecule has 0 radical (unpaired) electrons. The van der Waals surface area contributed by atoms with Gasteiger partial charge in [0.15, 0.2) is 0 Å². The van der Waals surface area contributed by atoms with Crippen molar-refractivity contribution < 1.29 is 5.11 Å². The van der Waals surface area contributed by atoms with E-state index in [1.54, 1.807) is 6.07 Å². The van der Waals surface area contributed by atoms with Crippen LogP contribution >= 0.6 is 0 Å². The monoisotopic (exact) mass is 202 g/mol. The first-order valence-electron chi connectivity index (χ1n) is 5.36. The Bertz CT molecular complexity index is 502. The maximum absolute atomic E-state index is 9.43. The predicted octanol–water partition coefficient (Wildman–Crippen LogP) is 1.49. The number of phenols is 1. The third kappa shape index (κ3) is 1.39. The second kappa shape index (κ2) is 3.28. The van der Waals surface area contributed by atoms with Crippen LogP contribution in [0.3, 0.4) is 0 Å². The molecule has 0 aliphatic carbocycles. The topological polar surface area (TPSA) is 37.2 Å². The molecule has 1 aliphatic heterocycles. The van der Waals surface area contributed by atoms with Gasteiger partial charge in [-0.3, -0.25) is 0 Å². The lowest BCUT2D eigenvalue weighted by molar-refractivity contribution is 0.476. The summed E-state index contributed by atoms with van der Waals surface area (Å²) in [6.45, 7) is 3.09. The first-order chi connectivity index (χ1) is 7.34. The summed E-state index contributed by atoms with van der Waals surface area (Å²) in [5, 5.41) is 14.0. The number of aromatic nitrogens is 1. The summed E-state index contributed by atoms with van der Waals surface area (Å²) >= 11 is 0. The number of fused-ring (bicyclic) bond motifs is 3. The second-order valence-electron chi connectivity index (χ2n) is 4.03. The van der Waals surface area contributed by atoms with Gasteiger partial charge in [-0.25, -0.2) is 0 Å². The molecule has 0 unspecified atom stereocenters. The molecule has 15 heavy (non-hydrogen) atoms. The highest BCUT2D eigenvalue weighted by molar-refractivity contribution is 5.82. The molecule has 0 saturated carbocycles. The van der Waals surface area contributed by atoms with Crippen molar-refractivity contribution in [2.45, 2.75) is 13.0 Å². The lowest BCUT2D eigenvalue weighted by atomic mass is 10.2. The van der Waals surface area contributed by atoms with Gasteiger partial charge in [0.05, 0.1) is 0 Å². The van der Waals surface area contributed by atoms with Crippen LogP contribution in [0.15, 0.2) is 24.3 Å². The lowest BCUT2D eigenvalue weighted by Crippen LogP contribution is -2.17. The van der Waals surface area contributed by atoms with E-state index in [0.717, 1.165) is 31.4 Å². The number of nitrogens with one attached hydrogen (secondary N) is 1. The van der Waals surface area contributed by atoms with Gasteiger partial charge in [-0.1, -0.05) is 0 Å². The highest BCUT2D eigenvalue weighted by Crippen LogP contribution is 2.24. The Morgan fingerprint density at radius 2 is 2.13 bits per heavy atom. The Labute approximate surface area is 88.3 Å². The number of nitrogens with zero attached hydrogens (tertiary/aromatic N) is 1. The van der Waals surface area contributed by atoms with E-state index in [-0.39, 0.29) is 0 Å². The molecular weight excluding hydrogens is 188 g/mol. The van der Waals surface area contributed by atoms with E-state index in [0.29, 0.717) is 5.75 Å². The van der Waals surface area contributed by atoms with E-state index in [2.05, 4.69) is 16.0 Å². The Kier molecular flexibility index (Phi) is 1.92. The fourth-order valence-corrected chi connectivity index (χ4v) is 2.32. The van der Waals surface area contributed by atoms with E-state index in [4.69, 9.17) is 0 Å². The zero-order chi connectivity index (χ0) is 10.3. The number of aromatic hydroxyl groups is 1. The average molecular weight is 202 g/mol. The Hall–Kier alpha value is -1.48. The van der Waals surface area contributed by atoms with Crippen molar-refractivity contribution in [2.75, 3.05) is 13.1 Å². The summed E-state index contributed by atoms with van der Waals surface area (Å²) in [6, 6.07) is 7.78. The molecule has 78 valence electrons. The lowest BCUT2D eigenvalue weighted by Gasteiger charge is -2.05. The van der Waals surface area contributed by atoms with Crippen molar-refractivity contribution in [2.24, 2.45) is 0 Å². The molecule has 2 aromatic rings. The van der Waals surface area contributed by atoms with Gasteiger partial charge in [-0.2, -0.15) is 0 Å². The van der Waals surface area contributed by atoms with Crippen molar-refractivity contribution in [1.82, 2.24) is 9.88 Å². The smallest absolute Gasteiger partial charge is 0.116 e. The number of benzene rings is 1. The van der Waals surface area contributed by atoms with Crippen LogP contribution in [0, 0.1) is 0 Å². The Morgan fingerprint density at radius 3 is 3.07 bits per heavy atom. The molecule has 2 heterocycles. The molecule has 3 heteroatoms. The van der Waals surface area contributed by atoms with E-state index in [1.807, 2.05) is 12.1 Å². The summed E-state index contributed by atoms with van der Waals surface area (Å²) in [7, 11) is 0. The first kappa shape index (κ1) is 8.80. The summed E-state index contributed by atoms with van der Waals surface area (Å²) in [5.74, 6) is 0.349. The summed E-state index contributed by atoms with van der Waals surface area (Å²) in [4.78, 5) is 0. The molecule has 0 spiro atoms. The summed E-state index contributed by atoms with van der Waals surface area (Å²) < 4.78 is 2.34. The maximum Gasteiger partial charge on any atom is 0.116 e. The van der Waals surface area contributed by atoms with Gasteiger partial charge in [0, 0.05) is 42.7 Å². The molecule has 1 aliphatic rings. The minimum atomic E-state index is 0.349. The molecule has 0 fully saturated rings. The fourth-order valence-electron chi connectivity index (χ4n) is 2.32. The van der Waals surface area contributed by atoms with Gasteiger partial charge in [0.25, 0.3) is 0 Å². The quantitative estimate of drug-likeness (QED) is 0.679. The fraction of sp³-hybridized carbons (Fsp3) is 0.333. The average Bonchev–Trinajstić information content (AvgIpc) is 2.42. The van der Waals surface area contributed by atoms with E-state index in [9.17, 15) is 5.11 Å². The minimum absolute atomic E-state index is 0.349. The maximum atomic E-state index is 9.43. The van der Waals surface area contributed by atoms with Crippen LogP contribution in [0.1, 0.15) is 5.69 Å².